The number of alkyl halides is 1. The number of hydrogen-bond acceptors (Lipinski definition) is 3. The Kier molecular flexibility index (Phi) is 5.36. The molecule has 1 atom stereocenters. The summed E-state index contributed by atoms with van der Waals surface area (Å²) in [6.07, 6.45) is 4.10. The SMILES string of the molecule is CN(CCCCCCl)C1CCS(=O)(=O)C1. The minimum Gasteiger partial charge on any atom is -0.302 e. The Morgan fingerprint density at radius 1 is 1.33 bits per heavy atom. The van der Waals surface area contributed by atoms with E-state index in [1.54, 1.807) is 0 Å². The lowest BCUT2D eigenvalue weighted by Gasteiger charge is -2.22. The Balaban J connectivity index is 2.21. The summed E-state index contributed by atoms with van der Waals surface area (Å²) in [5, 5.41) is 0. The Labute approximate surface area is 97.7 Å². The van der Waals surface area contributed by atoms with Crippen molar-refractivity contribution in [3.8, 4) is 0 Å². The van der Waals surface area contributed by atoms with E-state index in [2.05, 4.69) is 4.90 Å². The van der Waals surface area contributed by atoms with Crippen LogP contribution in [0.1, 0.15) is 25.7 Å². The first-order chi connectivity index (χ1) is 7.05. The predicted octanol–water partition coefficient (Wildman–Crippen LogP) is 1.51. The second-order valence-electron chi connectivity index (χ2n) is 4.29. The van der Waals surface area contributed by atoms with Crippen LogP contribution >= 0.6 is 11.6 Å². The fourth-order valence-corrected chi connectivity index (χ4v) is 3.93. The first kappa shape index (κ1) is 13.3. The predicted molar refractivity (Wildman–Crippen MR) is 64.3 cm³/mol. The maximum Gasteiger partial charge on any atom is 0.151 e. The minimum atomic E-state index is -2.74. The topological polar surface area (TPSA) is 37.4 Å². The van der Waals surface area contributed by atoms with Crippen molar-refractivity contribution in [2.75, 3.05) is 31.0 Å². The summed E-state index contributed by atoms with van der Waals surface area (Å²) in [6.45, 7) is 0.983. The smallest absolute Gasteiger partial charge is 0.151 e. The average Bonchev–Trinajstić information content (AvgIpc) is 2.53. The molecule has 1 aliphatic heterocycles. The van der Waals surface area contributed by atoms with Crippen LogP contribution in [0, 0.1) is 0 Å². The quantitative estimate of drug-likeness (QED) is 0.532. The summed E-state index contributed by atoms with van der Waals surface area (Å²) in [5.74, 6) is 1.43. The van der Waals surface area contributed by atoms with Crippen molar-refractivity contribution in [1.82, 2.24) is 4.90 Å². The van der Waals surface area contributed by atoms with Crippen LogP contribution in [0.4, 0.5) is 0 Å². The van der Waals surface area contributed by atoms with Crippen LogP contribution in [0.2, 0.25) is 0 Å². The van der Waals surface area contributed by atoms with Gasteiger partial charge in [0.25, 0.3) is 0 Å². The van der Waals surface area contributed by atoms with Gasteiger partial charge in [0.1, 0.15) is 0 Å². The number of sulfone groups is 1. The molecule has 0 spiro atoms. The molecule has 0 aromatic heterocycles. The molecule has 0 aromatic rings. The molecule has 1 heterocycles. The van der Waals surface area contributed by atoms with Gasteiger partial charge < -0.3 is 4.90 Å². The second-order valence-corrected chi connectivity index (χ2v) is 6.89. The number of hydrogen-bond donors (Lipinski definition) is 0. The van der Waals surface area contributed by atoms with E-state index in [1.807, 2.05) is 7.05 Å². The molecule has 3 nitrogen and oxygen atoms in total. The van der Waals surface area contributed by atoms with E-state index in [-0.39, 0.29) is 6.04 Å². The minimum absolute atomic E-state index is 0.242. The summed E-state index contributed by atoms with van der Waals surface area (Å²) in [4.78, 5) is 2.18. The molecule has 1 fully saturated rings. The monoisotopic (exact) mass is 253 g/mol. The summed E-state index contributed by atoms with van der Waals surface area (Å²) in [5.41, 5.74) is 0. The summed E-state index contributed by atoms with van der Waals surface area (Å²) < 4.78 is 22.6. The Hall–Kier alpha value is 0.200. The van der Waals surface area contributed by atoms with Crippen LogP contribution in [-0.4, -0.2) is 50.3 Å². The largest absolute Gasteiger partial charge is 0.302 e. The van der Waals surface area contributed by atoms with Gasteiger partial charge in [-0.15, -0.1) is 11.6 Å². The first-order valence-corrected chi connectivity index (χ1v) is 7.87. The highest BCUT2D eigenvalue weighted by Crippen LogP contribution is 2.16. The van der Waals surface area contributed by atoms with Crippen molar-refractivity contribution in [2.45, 2.75) is 31.7 Å². The molecule has 1 unspecified atom stereocenters. The molecule has 0 N–H and O–H groups in total. The van der Waals surface area contributed by atoms with Crippen LogP contribution < -0.4 is 0 Å². The molecule has 1 rings (SSSR count). The lowest BCUT2D eigenvalue weighted by Crippen LogP contribution is -2.33. The molecule has 90 valence electrons. The van der Waals surface area contributed by atoms with Gasteiger partial charge in [-0.3, -0.25) is 0 Å². The van der Waals surface area contributed by atoms with E-state index in [1.165, 1.54) is 0 Å². The van der Waals surface area contributed by atoms with Crippen molar-refractivity contribution < 1.29 is 8.42 Å². The Morgan fingerprint density at radius 3 is 2.60 bits per heavy atom. The lowest BCUT2D eigenvalue weighted by atomic mass is 10.2. The highest BCUT2D eigenvalue weighted by atomic mass is 35.5. The third-order valence-corrected chi connectivity index (χ3v) is 4.99. The number of halogens is 1. The van der Waals surface area contributed by atoms with Gasteiger partial charge in [0, 0.05) is 11.9 Å². The third kappa shape index (κ3) is 4.70. The third-order valence-electron chi connectivity index (χ3n) is 2.98. The second kappa shape index (κ2) is 6.06. The standard InChI is InChI=1S/C10H20ClNO2S/c1-12(7-4-2-3-6-11)10-5-8-15(13,14)9-10/h10H,2-9H2,1H3. The molecule has 0 aliphatic carbocycles. The molecule has 5 heteroatoms. The van der Waals surface area contributed by atoms with Crippen molar-refractivity contribution in [3.63, 3.8) is 0 Å². The average molecular weight is 254 g/mol. The fraction of sp³-hybridized carbons (Fsp3) is 1.00. The van der Waals surface area contributed by atoms with Gasteiger partial charge >= 0.3 is 0 Å². The zero-order valence-corrected chi connectivity index (χ0v) is 10.9. The molecular formula is C10H20ClNO2S. The van der Waals surface area contributed by atoms with Crippen molar-refractivity contribution in [3.05, 3.63) is 0 Å². The summed E-state index contributed by atoms with van der Waals surface area (Å²) >= 11 is 5.59. The van der Waals surface area contributed by atoms with Crippen LogP contribution in [0.3, 0.4) is 0 Å². The molecular weight excluding hydrogens is 234 g/mol. The first-order valence-electron chi connectivity index (χ1n) is 5.52. The molecule has 0 saturated carbocycles. The number of unbranched alkanes of at least 4 members (excludes halogenated alkanes) is 2. The van der Waals surface area contributed by atoms with Gasteiger partial charge in [-0.1, -0.05) is 6.42 Å². The summed E-state index contributed by atoms with van der Waals surface area (Å²) in [7, 11) is -0.718. The van der Waals surface area contributed by atoms with E-state index < -0.39 is 9.84 Å². The van der Waals surface area contributed by atoms with Gasteiger partial charge in [-0.2, -0.15) is 0 Å². The highest BCUT2D eigenvalue weighted by molar-refractivity contribution is 7.91. The molecule has 0 bridgehead atoms. The molecule has 1 saturated heterocycles. The summed E-state index contributed by atoms with van der Waals surface area (Å²) in [6, 6.07) is 0.242. The highest BCUT2D eigenvalue weighted by Gasteiger charge is 2.30. The molecule has 15 heavy (non-hydrogen) atoms. The Bertz CT molecular complexity index is 279. The number of nitrogens with zero attached hydrogens (tertiary/aromatic N) is 1. The molecule has 1 aliphatic rings. The van der Waals surface area contributed by atoms with E-state index in [4.69, 9.17) is 11.6 Å². The van der Waals surface area contributed by atoms with Gasteiger partial charge in [-0.25, -0.2) is 8.42 Å². The maximum absolute atomic E-state index is 11.3. The van der Waals surface area contributed by atoms with E-state index in [0.29, 0.717) is 11.5 Å². The molecule has 0 radical (unpaired) electrons. The maximum atomic E-state index is 11.3. The van der Waals surface area contributed by atoms with Crippen molar-refractivity contribution >= 4 is 21.4 Å². The lowest BCUT2D eigenvalue weighted by molar-refractivity contribution is 0.257. The van der Waals surface area contributed by atoms with Gasteiger partial charge in [0.05, 0.1) is 11.5 Å². The van der Waals surface area contributed by atoms with Crippen LogP contribution in [0.5, 0.6) is 0 Å². The zero-order chi connectivity index (χ0) is 11.3. The van der Waals surface area contributed by atoms with Gasteiger partial charge in [0.2, 0.25) is 0 Å². The normalized spacial score (nSPS) is 24.9. The Morgan fingerprint density at radius 2 is 2.07 bits per heavy atom. The van der Waals surface area contributed by atoms with Crippen LogP contribution in [0.25, 0.3) is 0 Å². The van der Waals surface area contributed by atoms with Crippen LogP contribution in [0.15, 0.2) is 0 Å². The number of rotatable bonds is 6. The van der Waals surface area contributed by atoms with Crippen molar-refractivity contribution in [1.29, 1.82) is 0 Å². The fourth-order valence-electron chi connectivity index (χ4n) is 1.94. The van der Waals surface area contributed by atoms with E-state index in [9.17, 15) is 8.42 Å². The van der Waals surface area contributed by atoms with E-state index >= 15 is 0 Å². The molecule has 0 amide bonds. The van der Waals surface area contributed by atoms with Gasteiger partial charge in [0.15, 0.2) is 9.84 Å². The zero-order valence-electron chi connectivity index (χ0n) is 9.28. The van der Waals surface area contributed by atoms with E-state index in [0.717, 1.165) is 38.1 Å². The molecule has 0 aromatic carbocycles. The van der Waals surface area contributed by atoms with Crippen molar-refractivity contribution in [2.24, 2.45) is 0 Å². The van der Waals surface area contributed by atoms with Crippen LogP contribution in [-0.2, 0) is 9.84 Å². The van der Waals surface area contributed by atoms with Gasteiger partial charge in [-0.05, 0) is 32.9 Å².